The van der Waals surface area contributed by atoms with Crippen LogP contribution < -0.4 is 16.4 Å². The Bertz CT molecular complexity index is 421. The molecule has 1 amide bonds. The van der Waals surface area contributed by atoms with Crippen LogP contribution in [-0.2, 0) is 0 Å². The van der Waals surface area contributed by atoms with Crippen molar-refractivity contribution >= 4 is 28.3 Å². The lowest BCUT2D eigenvalue weighted by molar-refractivity contribution is 0.100. The summed E-state index contributed by atoms with van der Waals surface area (Å²) in [5.41, 5.74) is 11.4. The smallest absolute Gasteiger partial charge is 0.255 e. The van der Waals surface area contributed by atoms with E-state index in [1.165, 1.54) is 18.0 Å². The second kappa shape index (κ2) is 4.52. The van der Waals surface area contributed by atoms with Crippen LogP contribution in [0.5, 0.6) is 0 Å². The van der Waals surface area contributed by atoms with Gasteiger partial charge in [0.2, 0.25) is 0 Å². The molecule has 2 heterocycles. The van der Waals surface area contributed by atoms with Gasteiger partial charge in [-0.05, 0) is 29.8 Å². The van der Waals surface area contributed by atoms with Crippen LogP contribution >= 0.6 is 11.5 Å². The average Bonchev–Trinajstić information content (AvgIpc) is 2.58. The first-order valence-corrected chi connectivity index (χ1v) is 6.56. The number of hydrogen-bond acceptors (Lipinski definition) is 5. The van der Waals surface area contributed by atoms with E-state index in [-0.39, 0.29) is 5.82 Å². The molecule has 0 aliphatic carbocycles. The molecule has 1 aliphatic heterocycles. The molecule has 0 radical (unpaired) electrons. The molecular weight excluding hydrogens is 236 g/mol. The first-order chi connectivity index (χ1) is 7.99. The molecule has 17 heavy (non-hydrogen) atoms. The van der Waals surface area contributed by atoms with Gasteiger partial charge in [-0.25, -0.2) is 0 Å². The van der Waals surface area contributed by atoms with Crippen molar-refractivity contribution < 1.29 is 4.79 Å². The number of amides is 1. The van der Waals surface area contributed by atoms with Crippen molar-refractivity contribution in [1.82, 2.24) is 4.37 Å². The van der Waals surface area contributed by atoms with Gasteiger partial charge in [0.05, 0.1) is 0 Å². The van der Waals surface area contributed by atoms with Crippen LogP contribution in [0.3, 0.4) is 0 Å². The summed E-state index contributed by atoms with van der Waals surface area (Å²) in [6, 6.07) is 0. The van der Waals surface area contributed by atoms with Crippen LogP contribution in [-0.4, -0.2) is 23.4 Å². The first kappa shape index (κ1) is 12.2. The summed E-state index contributed by atoms with van der Waals surface area (Å²) >= 11 is 1.27. The maximum absolute atomic E-state index is 11.4. The Morgan fingerprint density at radius 3 is 2.53 bits per heavy atom. The molecule has 1 aliphatic rings. The van der Waals surface area contributed by atoms with E-state index in [1.54, 1.807) is 0 Å². The third-order valence-corrected chi connectivity index (χ3v) is 4.03. The van der Waals surface area contributed by atoms with Crippen molar-refractivity contribution in [2.75, 3.05) is 23.7 Å². The van der Waals surface area contributed by atoms with E-state index in [9.17, 15) is 4.79 Å². The van der Waals surface area contributed by atoms with Crippen molar-refractivity contribution in [3.05, 3.63) is 5.56 Å². The molecule has 6 heteroatoms. The number of nitrogen functional groups attached to an aromatic ring is 1. The Hall–Kier alpha value is -1.30. The van der Waals surface area contributed by atoms with Gasteiger partial charge in [-0.2, -0.15) is 4.37 Å². The molecule has 4 N–H and O–H groups in total. The monoisotopic (exact) mass is 254 g/mol. The molecule has 2 rings (SSSR count). The van der Waals surface area contributed by atoms with Crippen molar-refractivity contribution in [3.63, 3.8) is 0 Å². The third kappa shape index (κ3) is 2.36. The zero-order valence-corrected chi connectivity index (χ0v) is 11.0. The number of primary amides is 1. The van der Waals surface area contributed by atoms with Crippen molar-refractivity contribution in [3.8, 4) is 0 Å². The predicted molar refractivity (Wildman–Crippen MR) is 70.2 cm³/mol. The summed E-state index contributed by atoms with van der Waals surface area (Å²) in [7, 11) is 0. The fraction of sp³-hybridized carbons (Fsp3) is 0.636. The Morgan fingerprint density at radius 2 is 2.00 bits per heavy atom. The summed E-state index contributed by atoms with van der Waals surface area (Å²) in [5, 5.41) is 0.827. The lowest BCUT2D eigenvalue weighted by Crippen LogP contribution is -2.39. The summed E-state index contributed by atoms with van der Waals surface area (Å²) in [6.07, 6.45) is 1.22. The first-order valence-electron chi connectivity index (χ1n) is 5.79. The maximum Gasteiger partial charge on any atom is 0.255 e. The van der Waals surface area contributed by atoms with Gasteiger partial charge in [-0.15, -0.1) is 0 Å². The van der Waals surface area contributed by atoms with Crippen LogP contribution in [0.2, 0.25) is 0 Å². The van der Waals surface area contributed by atoms with E-state index in [1.807, 2.05) is 0 Å². The summed E-state index contributed by atoms with van der Waals surface area (Å²) in [5.74, 6) is 0.992. The molecule has 94 valence electrons. The molecule has 1 fully saturated rings. The standard InChI is InChI=1S/C11H18N4OS/c1-6-3-7(2)5-15(4-6)11-8(10(13)16)9(12)14-17-11/h6-7H,3-5H2,1-2H3,(H2,12,14)(H2,13,16). The highest BCUT2D eigenvalue weighted by Crippen LogP contribution is 2.34. The van der Waals surface area contributed by atoms with E-state index in [4.69, 9.17) is 11.5 Å². The molecule has 0 saturated carbocycles. The Morgan fingerprint density at radius 1 is 1.41 bits per heavy atom. The fourth-order valence-electron chi connectivity index (χ4n) is 2.57. The van der Waals surface area contributed by atoms with Crippen LogP contribution in [0, 0.1) is 11.8 Å². The fourth-order valence-corrected chi connectivity index (χ4v) is 3.41. The summed E-state index contributed by atoms with van der Waals surface area (Å²) in [4.78, 5) is 13.6. The van der Waals surface area contributed by atoms with Gasteiger partial charge >= 0.3 is 0 Å². The number of piperidine rings is 1. The number of hydrogen-bond donors (Lipinski definition) is 2. The van der Waals surface area contributed by atoms with Crippen LogP contribution in [0.1, 0.15) is 30.6 Å². The summed E-state index contributed by atoms with van der Waals surface area (Å²) < 4.78 is 4.04. The number of carbonyl (C=O) groups excluding carboxylic acids is 1. The minimum atomic E-state index is -0.489. The molecule has 5 nitrogen and oxygen atoms in total. The Balaban J connectivity index is 2.30. The highest BCUT2D eigenvalue weighted by molar-refractivity contribution is 7.11. The molecule has 2 unspecified atom stereocenters. The molecular formula is C11H18N4OS. The highest BCUT2D eigenvalue weighted by atomic mass is 32.1. The SMILES string of the molecule is CC1CC(C)CN(c2snc(N)c2C(N)=O)C1. The molecule has 0 spiro atoms. The number of nitrogens with two attached hydrogens (primary N) is 2. The van der Waals surface area contributed by atoms with Crippen LogP contribution in [0.4, 0.5) is 10.8 Å². The van der Waals surface area contributed by atoms with E-state index >= 15 is 0 Å². The number of anilines is 2. The number of rotatable bonds is 2. The zero-order chi connectivity index (χ0) is 12.6. The average molecular weight is 254 g/mol. The second-order valence-corrected chi connectivity index (χ2v) is 5.72. The molecule has 0 aromatic carbocycles. The van der Waals surface area contributed by atoms with Crippen LogP contribution in [0.15, 0.2) is 0 Å². The van der Waals surface area contributed by atoms with Gasteiger partial charge in [-0.3, -0.25) is 4.79 Å². The Labute approximate surface area is 105 Å². The molecule has 1 saturated heterocycles. The number of aromatic nitrogens is 1. The number of nitrogens with zero attached hydrogens (tertiary/aromatic N) is 2. The topological polar surface area (TPSA) is 85.2 Å². The van der Waals surface area contributed by atoms with Crippen LogP contribution in [0.25, 0.3) is 0 Å². The normalized spacial score (nSPS) is 24.9. The van der Waals surface area contributed by atoms with Crippen molar-refractivity contribution in [1.29, 1.82) is 0 Å². The van der Waals surface area contributed by atoms with Crippen molar-refractivity contribution in [2.45, 2.75) is 20.3 Å². The predicted octanol–water partition coefficient (Wildman–Crippen LogP) is 1.31. The van der Waals surface area contributed by atoms with E-state index in [2.05, 4.69) is 23.1 Å². The van der Waals surface area contributed by atoms with Gasteiger partial charge in [0.25, 0.3) is 5.91 Å². The lowest BCUT2D eigenvalue weighted by Gasteiger charge is -2.35. The summed E-state index contributed by atoms with van der Waals surface area (Å²) in [6.45, 7) is 6.31. The van der Waals surface area contributed by atoms with Crippen molar-refractivity contribution in [2.24, 2.45) is 17.6 Å². The number of carbonyl (C=O) groups is 1. The van der Waals surface area contributed by atoms with E-state index in [0.717, 1.165) is 18.1 Å². The quantitative estimate of drug-likeness (QED) is 0.833. The van der Waals surface area contributed by atoms with E-state index in [0.29, 0.717) is 17.4 Å². The minimum Gasteiger partial charge on any atom is -0.382 e. The largest absolute Gasteiger partial charge is 0.382 e. The third-order valence-electron chi connectivity index (χ3n) is 3.10. The minimum absolute atomic E-state index is 0.253. The van der Waals surface area contributed by atoms with E-state index < -0.39 is 5.91 Å². The van der Waals surface area contributed by atoms with Gasteiger partial charge in [0.1, 0.15) is 10.6 Å². The van der Waals surface area contributed by atoms with Gasteiger partial charge in [-0.1, -0.05) is 13.8 Å². The molecule has 1 aromatic heterocycles. The maximum atomic E-state index is 11.4. The molecule has 2 atom stereocenters. The zero-order valence-electron chi connectivity index (χ0n) is 10.1. The van der Waals surface area contributed by atoms with Gasteiger partial charge < -0.3 is 16.4 Å². The Kier molecular flexibility index (Phi) is 3.24. The molecule has 0 bridgehead atoms. The van der Waals surface area contributed by atoms with Gasteiger partial charge in [0.15, 0.2) is 5.82 Å². The molecule has 1 aromatic rings. The second-order valence-electron chi connectivity index (χ2n) is 4.96. The van der Waals surface area contributed by atoms with Gasteiger partial charge in [0, 0.05) is 13.1 Å². The highest BCUT2D eigenvalue weighted by Gasteiger charge is 2.27. The lowest BCUT2D eigenvalue weighted by atomic mass is 9.92.